The predicted molar refractivity (Wildman–Crippen MR) is 73.0 cm³/mol. The van der Waals surface area contributed by atoms with E-state index in [0.29, 0.717) is 6.61 Å². The summed E-state index contributed by atoms with van der Waals surface area (Å²) >= 11 is 0. The molecule has 0 aromatic heterocycles. The van der Waals surface area contributed by atoms with E-state index >= 15 is 0 Å². The molecule has 1 aliphatic heterocycles. The van der Waals surface area contributed by atoms with Crippen molar-refractivity contribution in [2.45, 2.75) is 64.3 Å². The summed E-state index contributed by atoms with van der Waals surface area (Å²) in [6, 6.07) is -0.661. The molecule has 2 rings (SSSR count). The maximum atomic E-state index is 12.3. The highest BCUT2D eigenvalue weighted by Crippen LogP contribution is 2.42. The summed E-state index contributed by atoms with van der Waals surface area (Å²) in [4.78, 5) is 26.0. The Morgan fingerprint density at radius 3 is 2.50 bits per heavy atom. The molecule has 0 unspecified atom stereocenters. The van der Waals surface area contributed by atoms with Gasteiger partial charge in [-0.2, -0.15) is 0 Å². The van der Waals surface area contributed by atoms with Gasteiger partial charge in [-0.05, 0) is 40.5 Å². The summed E-state index contributed by atoms with van der Waals surface area (Å²) in [5.74, 6) is -0.396. The first-order valence-electron chi connectivity index (χ1n) is 7.18. The molecular weight excluding hydrogens is 260 g/mol. The van der Waals surface area contributed by atoms with Crippen LogP contribution in [0.3, 0.4) is 0 Å². The van der Waals surface area contributed by atoms with Crippen LogP contribution in [0, 0.1) is 5.92 Å². The Kier molecular flexibility index (Phi) is 3.95. The molecule has 1 amide bonds. The summed E-state index contributed by atoms with van der Waals surface area (Å²) in [7, 11) is 0. The fourth-order valence-corrected chi connectivity index (χ4v) is 3.19. The van der Waals surface area contributed by atoms with E-state index in [4.69, 9.17) is 15.2 Å². The van der Waals surface area contributed by atoms with Crippen LogP contribution >= 0.6 is 0 Å². The van der Waals surface area contributed by atoms with Crippen molar-refractivity contribution < 1.29 is 19.1 Å². The third-order valence-electron chi connectivity index (χ3n) is 3.87. The molecule has 4 atom stereocenters. The van der Waals surface area contributed by atoms with Crippen LogP contribution in [-0.4, -0.2) is 47.3 Å². The van der Waals surface area contributed by atoms with Gasteiger partial charge in [0.2, 0.25) is 0 Å². The smallest absolute Gasteiger partial charge is 0.411 e. The van der Waals surface area contributed by atoms with E-state index in [1.807, 2.05) is 20.8 Å². The van der Waals surface area contributed by atoms with Crippen molar-refractivity contribution in [1.82, 2.24) is 4.90 Å². The number of hydrogen-bond acceptors (Lipinski definition) is 5. The average Bonchev–Trinajstić information content (AvgIpc) is 2.82. The predicted octanol–water partition coefficient (Wildman–Crippen LogP) is 1.27. The van der Waals surface area contributed by atoms with Crippen molar-refractivity contribution in [1.29, 1.82) is 0 Å². The highest BCUT2D eigenvalue weighted by molar-refractivity contribution is 5.83. The van der Waals surface area contributed by atoms with Gasteiger partial charge in [-0.1, -0.05) is 0 Å². The number of piperidine rings is 1. The van der Waals surface area contributed by atoms with Crippen LogP contribution in [0.4, 0.5) is 4.79 Å². The standard InChI is InChI=1S/C14H24N2O4/c1-5-19-12(17)11-9-6-8(7-10(9)15)16(11)13(18)20-14(2,3)4/h8-11H,5-7,15H2,1-4H3/t8-,9+,10-,11-/m1/s1. The van der Waals surface area contributed by atoms with Gasteiger partial charge < -0.3 is 15.2 Å². The molecule has 2 fully saturated rings. The Morgan fingerprint density at radius 1 is 1.30 bits per heavy atom. The van der Waals surface area contributed by atoms with E-state index in [1.54, 1.807) is 6.92 Å². The van der Waals surface area contributed by atoms with Gasteiger partial charge in [0.05, 0.1) is 6.61 Å². The third-order valence-corrected chi connectivity index (χ3v) is 3.87. The van der Waals surface area contributed by atoms with Crippen molar-refractivity contribution in [3.63, 3.8) is 0 Å². The molecule has 1 aliphatic carbocycles. The van der Waals surface area contributed by atoms with Gasteiger partial charge in [-0.25, -0.2) is 9.59 Å². The summed E-state index contributed by atoms with van der Waals surface area (Å²) in [5.41, 5.74) is 5.46. The zero-order valence-electron chi connectivity index (χ0n) is 12.6. The number of carbonyl (C=O) groups excluding carboxylic acids is 2. The zero-order chi connectivity index (χ0) is 15.1. The highest BCUT2D eigenvalue weighted by atomic mass is 16.6. The van der Waals surface area contributed by atoms with Gasteiger partial charge in [-0.3, -0.25) is 4.90 Å². The number of hydrogen-bond donors (Lipinski definition) is 1. The van der Waals surface area contributed by atoms with Crippen LogP contribution in [0.1, 0.15) is 40.5 Å². The van der Waals surface area contributed by atoms with Crippen molar-refractivity contribution >= 4 is 12.1 Å². The maximum Gasteiger partial charge on any atom is 0.411 e. The summed E-state index contributed by atoms with van der Waals surface area (Å²) in [5, 5.41) is 0. The van der Waals surface area contributed by atoms with Gasteiger partial charge >= 0.3 is 12.1 Å². The Hall–Kier alpha value is -1.30. The largest absolute Gasteiger partial charge is 0.464 e. The van der Waals surface area contributed by atoms with Gasteiger partial charge in [0.15, 0.2) is 0 Å². The first-order valence-corrected chi connectivity index (χ1v) is 7.18. The zero-order valence-corrected chi connectivity index (χ0v) is 12.6. The van der Waals surface area contributed by atoms with Crippen LogP contribution in [0.25, 0.3) is 0 Å². The van der Waals surface area contributed by atoms with E-state index in [2.05, 4.69) is 0 Å². The minimum atomic E-state index is -0.599. The quantitative estimate of drug-likeness (QED) is 0.772. The van der Waals surface area contributed by atoms with E-state index in [9.17, 15) is 9.59 Å². The lowest BCUT2D eigenvalue weighted by Crippen LogP contribution is -2.55. The Bertz CT molecular complexity index is 404. The van der Waals surface area contributed by atoms with Crippen LogP contribution in [0.2, 0.25) is 0 Å². The first kappa shape index (κ1) is 15.1. The minimum Gasteiger partial charge on any atom is -0.464 e. The number of carbonyl (C=O) groups is 2. The van der Waals surface area contributed by atoms with Gasteiger partial charge in [0.25, 0.3) is 0 Å². The molecule has 6 nitrogen and oxygen atoms in total. The van der Waals surface area contributed by atoms with E-state index in [0.717, 1.165) is 12.8 Å². The molecule has 0 radical (unpaired) electrons. The van der Waals surface area contributed by atoms with Gasteiger partial charge in [0, 0.05) is 18.0 Å². The average molecular weight is 284 g/mol. The van der Waals surface area contributed by atoms with E-state index < -0.39 is 17.7 Å². The highest BCUT2D eigenvalue weighted by Gasteiger charge is 2.56. The molecule has 1 heterocycles. The Balaban J connectivity index is 2.17. The molecule has 0 aromatic carbocycles. The fraction of sp³-hybridized carbons (Fsp3) is 0.857. The van der Waals surface area contributed by atoms with E-state index in [-0.39, 0.29) is 24.0 Å². The molecule has 0 aromatic rings. The maximum absolute atomic E-state index is 12.3. The Morgan fingerprint density at radius 2 is 1.95 bits per heavy atom. The normalized spacial score (nSPS) is 32.4. The number of nitrogens with zero attached hydrogens (tertiary/aromatic N) is 1. The molecule has 6 heteroatoms. The number of likely N-dealkylation sites (tertiary alicyclic amines) is 1. The molecule has 1 saturated heterocycles. The van der Waals surface area contributed by atoms with Crippen molar-refractivity contribution in [2.75, 3.05) is 6.61 Å². The second-order valence-electron chi connectivity index (χ2n) is 6.54. The number of fused-ring (bicyclic) bond motifs is 2. The van der Waals surface area contributed by atoms with Crippen LogP contribution < -0.4 is 5.73 Å². The van der Waals surface area contributed by atoms with Crippen LogP contribution in [0.5, 0.6) is 0 Å². The SMILES string of the molecule is CCOC(=O)[C@H]1[C@H]2C[C@H](C[C@H]2N)N1C(=O)OC(C)(C)C. The second kappa shape index (κ2) is 5.24. The van der Waals surface area contributed by atoms with Crippen molar-refractivity contribution in [3.8, 4) is 0 Å². The number of esters is 1. The third kappa shape index (κ3) is 2.75. The van der Waals surface area contributed by atoms with Crippen LogP contribution in [-0.2, 0) is 14.3 Å². The topological polar surface area (TPSA) is 81.9 Å². The lowest BCUT2D eigenvalue weighted by Gasteiger charge is -2.37. The van der Waals surface area contributed by atoms with Crippen molar-refractivity contribution in [2.24, 2.45) is 11.7 Å². The summed E-state index contributed by atoms with van der Waals surface area (Å²) < 4.78 is 10.5. The second-order valence-corrected chi connectivity index (χ2v) is 6.54. The molecule has 2 aliphatic rings. The summed E-state index contributed by atoms with van der Waals surface area (Å²) in [6.45, 7) is 7.48. The molecule has 114 valence electrons. The van der Waals surface area contributed by atoms with Crippen LogP contribution in [0.15, 0.2) is 0 Å². The number of ether oxygens (including phenoxy) is 2. The first-order chi connectivity index (χ1) is 9.24. The lowest BCUT2D eigenvalue weighted by atomic mass is 9.94. The van der Waals surface area contributed by atoms with E-state index in [1.165, 1.54) is 4.90 Å². The minimum absolute atomic E-state index is 0.0146. The van der Waals surface area contributed by atoms with Gasteiger partial charge in [-0.15, -0.1) is 0 Å². The Labute approximate surface area is 119 Å². The van der Waals surface area contributed by atoms with Crippen molar-refractivity contribution in [3.05, 3.63) is 0 Å². The van der Waals surface area contributed by atoms with Gasteiger partial charge in [0.1, 0.15) is 11.6 Å². The molecule has 0 spiro atoms. The molecule has 1 saturated carbocycles. The number of amides is 1. The number of rotatable bonds is 2. The summed E-state index contributed by atoms with van der Waals surface area (Å²) in [6.07, 6.45) is 1.03. The fourth-order valence-electron chi connectivity index (χ4n) is 3.19. The monoisotopic (exact) mass is 284 g/mol. The lowest BCUT2D eigenvalue weighted by molar-refractivity contribution is -0.151. The molecule has 2 bridgehead atoms. The molecule has 20 heavy (non-hydrogen) atoms. The molecule has 2 N–H and O–H groups in total. The number of nitrogens with two attached hydrogens (primary N) is 1. The molecular formula is C14H24N2O4.